The smallest absolute Gasteiger partial charge is 0.270 e. The Balaban J connectivity index is 2.02. The van der Waals surface area contributed by atoms with E-state index in [0.29, 0.717) is 10.6 Å². The van der Waals surface area contributed by atoms with Crippen LogP contribution in [-0.4, -0.2) is 22.5 Å². The molecule has 0 aliphatic heterocycles. The molecule has 7 heteroatoms. The Morgan fingerprint density at radius 1 is 1.27 bits per heavy atom. The minimum Gasteiger partial charge on any atom is -0.387 e. The van der Waals surface area contributed by atoms with Crippen molar-refractivity contribution in [3.63, 3.8) is 0 Å². The minimum absolute atomic E-state index is 0.0503. The van der Waals surface area contributed by atoms with Crippen LogP contribution in [0.2, 0.25) is 5.02 Å². The molecule has 2 N–H and O–H groups in total. The summed E-state index contributed by atoms with van der Waals surface area (Å²) in [7, 11) is 0. The molecule has 2 rings (SSSR count). The first kappa shape index (κ1) is 15.9. The lowest BCUT2D eigenvalue weighted by molar-refractivity contribution is -0.384. The number of nitrogens with one attached hydrogen (secondary N) is 1. The van der Waals surface area contributed by atoms with Crippen LogP contribution in [0.5, 0.6) is 0 Å². The van der Waals surface area contributed by atoms with Crippen LogP contribution in [0.3, 0.4) is 0 Å². The van der Waals surface area contributed by atoms with Gasteiger partial charge >= 0.3 is 0 Å². The van der Waals surface area contributed by atoms with E-state index < -0.39 is 16.9 Å². The Morgan fingerprint density at radius 2 is 2.00 bits per heavy atom. The van der Waals surface area contributed by atoms with Gasteiger partial charge in [-0.1, -0.05) is 35.9 Å². The molecule has 0 radical (unpaired) electrons. The van der Waals surface area contributed by atoms with Crippen LogP contribution in [0, 0.1) is 10.1 Å². The average molecular weight is 321 g/mol. The van der Waals surface area contributed by atoms with E-state index >= 15 is 0 Å². The summed E-state index contributed by atoms with van der Waals surface area (Å²) in [6.07, 6.45) is -0.962. The topological polar surface area (TPSA) is 92.5 Å². The van der Waals surface area contributed by atoms with Crippen LogP contribution in [0.15, 0.2) is 48.5 Å². The van der Waals surface area contributed by atoms with Gasteiger partial charge in [0.1, 0.15) is 0 Å². The normalized spacial score (nSPS) is 11.7. The lowest BCUT2D eigenvalue weighted by atomic mass is 10.1. The number of carbonyl (C=O) groups is 1. The average Bonchev–Trinajstić information content (AvgIpc) is 2.52. The predicted molar refractivity (Wildman–Crippen MR) is 81.8 cm³/mol. The van der Waals surface area contributed by atoms with Crippen molar-refractivity contribution in [3.8, 4) is 0 Å². The quantitative estimate of drug-likeness (QED) is 0.654. The van der Waals surface area contributed by atoms with Crippen molar-refractivity contribution in [3.05, 3.63) is 74.8 Å². The minimum atomic E-state index is -0.962. The molecule has 114 valence electrons. The highest BCUT2D eigenvalue weighted by molar-refractivity contribution is 6.31. The molecule has 1 amide bonds. The fourth-order valence-electron chi connectivity index (χ4n) is 1.91. The third-order valence-corrected chi connectivity index (χ3v) is 3.38. The van der Waals surface area contributed by atoms with Crippen LogP contribution in [0.25, 0.3) is 0 Å². The molecular weight excluding hydrogens is 308 g/mol. The summed E-state index contributed by atoms with van der Waals surface area (Å²) in [4.78, 5) is 22.1. The van der Waals surface area contributed by atoms with Crippen molar-refractivity contribution in [2.75, 3.05) is 6.54 Å². The van der Waals surface area contributed by atoms with Gasteiger partial charge in [0, 0.05) is 34.8 Å². The van der Waals surface area contributed by atoms with Crippen LogP contribution < -0.4 is 5.32 Å². The number of aliphatic hydroxyl groups excluding tert-OH is 1. The summed E-state index contributed by atoms with van der Waals surface area (Å²) in [5, 5.41) is 23.6. The number of non-ortho nitro benzene ring substituents is 1. The molecule has 0 fully saturated rings. The molecule has 0 aliphatic carbocycles. The number of hydrogen-bond donors (Lipinski definition) is 2. The van der Waals surface area contributed by atoms with Crippen molar-refractivity contribution < 1.29 is 14.8 Å². The fourth-order valence-corrected chi connectivity index (χ4v) is 2.17. The predicted octanol–water partition coefficient (Wildman–Crippen LogP) is 2.71. The number of carbonyl (C=O) groups excluding carboxylic acids is 1. The summed E-state index contributed by atoms with van der Waals surface area (Å²) < 4.78 is 0. The number of benzene rings is 2. The molecule has 6 nitrogen and oxygen atoms in total. The molecule has 22 heavy (non-hydrogen) atoms. The van der Waals surface area contributed by atoms with Gasteiger partial charge in [0.05, 0.1) is 11.0 Å². The van der Waals surface area contributed by atoms with Crippen LogP contribution in [-0.2, 0) is 0 Å². The first-order chi connectivity index (χ1) is 10.5. The molecular formula is C15H13ClN2O4. The van der Waals surface area contributed by atoms with E-state index in [0.717, 1.165) is 0 Å². The van der Waals surface area contributed by atoms with E-state index in [1.54, 1.807) is 24.3 Å². The van der Waals surface area contributed by atoms with Gasteiger partial charge in [-0.25, -0.2) is 0 Å². The zero-order valence-corrected chi connectivity index (χ0v) is 12.2. The second-order valence-electron chi connectivity index (χ2n) is 4.55. The van der Waals surface area contributed by atoms with E-state index in [1.165, 1.54) is 24.3 Å². The highest BCUT2D eigenvalue weighted by Crippen LogP contribution is 2.22. The molecule has 0 spiro atoms. The summed E-state index contributed by atoms with van der Waals surface area (Å²) in [5.74, 6) is -0.505. The molecule has 0 saturated carbocycles. The maximum Gasteiger partial charge on any atom is 0.270 e. The van der Waals surface area contributed by atoms with Gasteiger partial charge in [-0.2, -0.15) is 0 Å². The Morgan fingerprint density at radius 3 is 2.68 bits per heavy atom. The van der Waals surface area contributed by atoms with Crippen molar-refractivity contribution in [2.45, 2.75) is 6.10 Å². The number of hydrogen-bond acceptors (Lipinski definition) is 4. The second kappa shape index (κ2) is 7.02. The number of nitrogens with zero attached hydrogens (tertiary/aromatic N) is 1. The second-order valence-corrected chi connectivity index (χ2v) is 4.96. The maximum absolute atomic E-state index is 12.0. The third kappa shape index (κ3) is 3.81. The number of nitro benzene ring substituents is 1. The van der Waals surface area contributed by atoms with Gasteiger partial charge in [0.2, 0.25) is 0 Å². The summed E-state index contributed by atoms with van der Waals surface area (Å²) in [6.45, 7) is -0.0503. The van der Waals surface area contributed by atoms with Crippen LogP contribution in [0.4, 0.5) is 5.69 Å². The lowest BCUT2D eigenvalue weighted by Gasteiger charge is -2.13. The summed E-state index contributed by atoms with van der Waals surface area (Å²) in [5.41, 5.74) is 0.489. The molecule has 0 aromatic heterocycles. The highest BCUT2D eigenvalue weighted by Gasteiger charge is 2.15. The Labute approximate surface area is 131 Å². The van der Waals surface area contributed by atoms with Crippen molar-refractivity contribution in [2.24, 2.45) is 0 Å². The molecule has 0 bridgehead atoms. The molecule has 0 heterocycles. The largest absolute Gasteiger partial charge is 0.387 e. The molecule has 2 aromatic rings. The van der Waals surface area contributed by atoms with Crippen LogP contribution in [0.1, 0.15) is 22.0 Å². The standard InChI is InChI=1S/C15H13ClN2O4/c16-13-7-2-1-6-12(13)14(19)9-17-15(20)10-4-3-5-11(8-10)18(21)22/h1-8,14,19H,9H2,(H,17,20). The zero-order valence-electron chi connectivity index (χ0n) is 11.4. The third-order valence-electron chi connectivity index (χ3n) is 3.04. The van der Waals surface area contributed by atoms with Crippen molar-refractivity contribution in [1.29, 1.82) is 0 Å². The van der Waals surface area contributed by atoms with Gasteiger partial charge in [-0.05, 0) is 12.1 Å². The Kier molecular flexibility index (Phi) is 5.08. The molecule has 1 unspecified atom stereocenters. The number of halogens is 1. The summed E-state index contributed by atoms with van der Waals surface area (Å²) in [6, 6.07) is 12.1. The summed E-state index contributed by atoms with van der Waals surface area (Å²) >= 11 is 5.96. The molecule has 0 aliphatic rings. The lowest BCUT2D eigenvalue weighted by Crippen LogP contribution is -2.28. The SMILES string of the molecule is O=C(NCC(O)c1ccccc1Cl)c1cccc([N+](=O)[O-])c1. The number of nitro groups is 1. The van der Waals surface area contributed by atoms with E-state index in [4.69, 9.17) is 11.6 Å². The van der Waals surface area contributed by atoms with E-state index in [9.17, 15) is 20.0 Å². The van der Waals surface area contributed by atoms with Gasteiger partial charge in [0.15, 0.2) is 0 Å². The fraction of sp³-hybridized carbons (Fsp3) is 0.133. The van der Waals surface area contributed by atoms with E-state index in [2.05, 4.69) is 5.32 Å². The highest BCUT2D eigenvalue weighted by atomic mass is 35.5. The van der Waals surface area contributed by atoms with E-state index in [1.807, 2.05) is 0 Å². The van der Waals surface area contributed by atoms with Crippen molar-refractivity contribution in [1.82, 2.24) is 5.32 Å². The van der Waals surface area contributed by atoms with Gasteiger partial charge in [-0.3, -0.25) is 14.9 Å². The number of aliphatic hydroxyl groups is 1. The molecule has 2 aromatic carbocycles. The first-order valence-electron chi connectivity index (χ1n) is 6.44. The first-order valence-corrected chi connectivity index (χ1v) is 6.82. The molecule has 1 atom stereocenters. The Bertz CT molecular complexity index is 705. The molecule has 0 saturated heterocycles. The number of rotatable bonds is 5. The van der Waals surface area contributed by atoms with Crippen LogP contribution >= 0.6 is 11.6 Å². The Hall–Kier alpha value is -2.44. The maximum atomic E-state index is 12.0. The van der Waals surface area contributed by atoms with Gasteiger partial charge < -0.3 is 10.4 Å². The van der Waals surface area contributed by atoms with E-state index in [-0.39, 0.29) is 17.8 Å². The number of amides is 1. The van der Waals surface area contributed by atoms with Gasteiger partial charge in [-0.15, -0.1) is 0 Å². The zero-order chi connectivity index (χ0) is 16.1. The van der Waals surface area contributed by atoms with Gasteiger partial charge in [0.25, 0.3) is 11.6 Å². The van der Waals surface area contributed by atoms with Crippen molar-refractivity contribution >= 4 is 23.2 Å². The monoisotopic (exact) mass is 320 g/mol.